The van der Waals surface area contributed by atoms with Crippen LogP contribution in [0.2, 0.25) is 0 Å². The molecule has 0 spiro atoms. The Kier molecular flexibility index (Phi) is 4.90. The minimum absolute atomic E-state index is 0.219. The average Bonchev–Trinajstić information content (AvgIpc) is 2.25. The molecule has 1 aromatic rings. The van der Waals surface area contributed by atoms with Crippen molar-refractivity contribution in [3.05, 3.63) is 52.6 Å². The SMILES string of the molecule is C=CCSCCc1ccccc1[N+](=O)[O-]. The second kappa shape index (κ2) is 6.24. The molecule has 0 N–H and O–H groups in total. The highest BCUT2D eigenvalue weighted by atomic mass is 32.2. The predicted molar refractivity (Wildman–Crippen MR) is 64.3 cm³/mol. The van der Waals surface area contributed by atoms with Crippen LogP contribution < -0.4 is 0 Å². The number of nitro groups is 1. The lowest BCUT2D eigenvalue weighted by Crippen LogP contribution is -1.96. The van der Waals surface area contributed by atoms with E-state index in [1.54, 1.807) is 23.9 Å². The number of nitrogens with zero attached hydrogens (tertiary/aromatic N) is 1. The third-order valence-electron chi connectivity index (χ3n) is 1.94. The summed E-state index contributed by atoms with van der Waals surface area (Å²) in [5.41, 5.74) is 1.02. The third kappa shape index (κ3) is 3.75. The predicted octanol–water partition coefficient (Wildman–Crippen LogP) is 3.06. The van der Waals surface area contributed by atoms with Crippen LogP contribution in [0.3, 0.4) is 0 Å². The van der Waals surface area contributed by atoms with E-state index in [9.17, 15) is 10.1 Å². The minimum atomic E-state index is -0.326. The van der Waals surface area contributed by atoms with E-state index in [4.69, 9.17) is 0 Å². The van der Waals surface area contributed by atoms with Crippen LogP contribution in [0.4, 0.5) is 5.69 Å². The zero-order valence-corrected chi connectivity index (χ0v) is 9.20. The molecular formula is C11H13NO2S. The highest BCUT2D eigenvalue weighted by molar-refractivity contribution is 7.99. The van der Waals surface area contributed by atoms with Gasteiger partial charge in [0.1, 0.15) is 0 Å². The van der Waals surface area contributed by atoms with Gasteiger partial charge in [-0.3, -0.25) is 10.1 Å². The summed E-state index contributed by atoms with van der Waals surface area (Å²) in [4.78, 5) is 10.4. The fourth-order valence-corrected chi connectivity index (χ4v) is 1.95. The molecule has 0 radical (unpaired) electrons. The molecule has 3 nitrogen and oxygen atoms in total. The van der Waals surface area contributed by atoms with E-state index in [2.05, 4.69) is 6.58 Å². The molecule has 0 aliphatic rings. The first-order chi connectivity index (χ1) is 7.25. The Balaban J connectivity index is 2.59. The van der Waals surface area contributed by atoms with Gasteiger partial charge in [-0.05, 0) is 12.2 Å². The molecule has 0 aliphatic carbocycles. The summed E-state index contributed by atoms with van der Waals surface area (Å²) in [7, 11) is 0. The molecule has 1 rings (SSSR count). The number of para-hydroxylation sites is 1. The highest BCUT2D eigenvalue weighted by Crippen LogP contribution is 2.19. The standard InChI is InChI=1S/C11H13NO2S/c1-2-8-15-9-7-10-5-3-4-6-11(10)12(13)14/h2-6H,1,7-9H2. The number of aryl methyl sites for hydroxylation is 1. The van der Waals surface area contributed by atoms with E-state index in [-0.39, 0.29) is 10.6 Å². The molecule has 0 unspecified atom stereocenters. The number of thioether (sulfide) groups is 1. The van der Waals surface area contributed by atoms with Gasteiger partial charge in [0.25, 0.3) is 5.69 Å². The van der Waals surface area contributed by atoms with Crippen molar-refractivity contribution in [2.24, 2.45) is 0 Å². The first-order valence-corrected chi connectivity index (χ1v) is 5.82. The fraction of sp³-hybridized carbons (Fsp3) is 0.273. The van der Waals surface area contributed by atoms with Gasteiger partial charge < -0.3 is 0 Å². The molecule has 0 bridgehead atoms. The molecule has 0 aliphatic heterocycles. The van der Waals surface area contributed by atoms with Gasteiger partial charge in [-0.2, -0.15) is 11.8 Å². The first-order valence-electron chi connectivity index (χ1n) is 4.66. The largest absolute Gasteiger partial charge is 0.272 e. The van der Waals surface area contributed by atoms with Crippen molar-refractivity contribution < 1.29 is 4.92 Å². The van der Waals surface area contributed by atoms with Crippen LogP contribution in [0.5, 0.6) is 0 Å². The van der Waals surface area contributed by atoms with Crippen LogP contribution in [0.15, 0.2) is 36.9 Å². The molecule has 0 fully saturated rings. The Bertz CT molecular complexity index is 352. The summed E-state index contributed by atoms with van der Waals surface area (Å²) in [6.45, 7) is 3.62. The van der Waals surface area contributed by atoms with Crippen molar-refractivity contribution in [3.8, 4) is 0 Å². The lowest BCUT2D eigenvalue weighted by atomic mass is 10.1. The van der Waals surface area contributed by atoms with Crippen molar-refractivity contribution in [2.75, 3.05) is 11.5 Å². The number of hydrogen-bond donors (Lipinski definition) is 0. The van der Waals surface area contributed by atoms with Gasteiger partial charge in [-0.15, -0.1) is 6.58 Å². The fourth-order valence-electron chi connectivity index (χ4n) is 1.25. The van der Waals surface area contributed by atoms with Gasteiger partial charge >= 0.3 is 0 Å². The Morgan fingerprint density at radius 1 is 1.47 bits per heavy atom. The monoisotopic (exact) mass is 223 g/mol. The van der Waals surface area contributed by atoms with Gasteiger partial charge in [-0.25, -0.2) is 0 Å². The maximum absolute atomic E-state index is 10.7. The van der Waals surface area contributed by atoms with Gasteiger partial charge in [0, 0.05) is 17.4 Å². The van der Waals surface area contributed by atoms with Crippen molar-refractivity contribution in [2.45, 2.75) is 6.42 Å². The van der Waals surface area contributed by atoms with Crippen LogP contribution >= 0.6 is 11.8 Å². The lowest BCUT2D eigenvalue weighted by molar-refractivity contribution is -0.385. The normalized spacial score (nSPS) is 9.87. The number of rotatable bonds is 6. The summed E-state index contributed by atoms with van der Waals surface area (Å²) in [5, 5.41) is 10.7. The van der Waals surface area contributed by atoms with Crippen molar-refractivity contribution >= 4 is 17.4 Å². The van der Waals surface area contributed by atoms with Crippen molar-refractivity contribution in [1.82, 2.24) is 0 Å². The van der Waals surface area contributed by atoms with Crippen LogP contribution in [0, 0.1) is 10.1 Å². The zero-order chi connectivity index (χ0) is 11.1. The summed E-state index contributed by atoms with van der Waals surface area (Å²) in [6.07, 6.45) is 2.57. The molecule has 0 saturated carbocycles. The number of benzene rings is 1. The van der Waals surface area contributed by atoms with Crippen LogP contribution in [-0.4, -0.2) is 16.4 Å². The molecule has 4 heteroatoms. The molecule has 1 aromatic carbocycles. The average molecular weight is 223 g/mol. The molecule has 0 aromatic heterocycles. The van der Waals surface area contributed by atoms with E-state index < -0.39 is 0 Å². The molecule has 0 amide bonds. The molecule has 0 saturated heterocycles. The molecule has 0 atom stereocenters. The Morgan fingerprint density at radius 2 is 2.20 bits per heavy atom. The lowest BCUT2D eigenvalue weighted by Gasteiger charge is -2.01. The van der Waals surface area contributed by atoms with Crippen LogP contribution in [0.25, 0.3) is 0 Å². The van der Waals surface area contributed by atoms with Gasteiger partial charge in [-0.1, -0.05) is 24.3 Å². The number of hydrogen-bond acceptors (Lipinski definition) is 3. The van der Waals surface area contributed by atoms with E-state index >= 15 is 0 Å². The second-order valence-corrected chi connectivity index (χ2v) is 4.15. The van der Waals surface area contributed by atoms with Crippen LogP contribution in [-0.2, 0) is 6.42 Å². The van der Waals surface area contributed by atoms with Gasteiger partial charge in [0.15, 0.2) is 0 Å². The maximum atomic E-state index is 10.7. The van der Waals surface area contributed by atoms with E-state index in [1.165, 1.54) is 0 Å². The molecule has 15 heavy (non-hydrogen) atoms. The topological polar surface area (TPSA) is 43.1 Å². The Morgan fingerprint density at radius 3 is 2.87 bits per heavy atom. The van der Waals surface area contributed by atoms with Gasteiger partial charge in [0.05, 0.1) is 4.92 Å². The Labute approximate surface area is 93.3 Å². The van der Waals surface area contributed by atoms with E-state index in [0.29, 0.717) is 0 Å². The van der Waals surface area contributed by atoms with E-state index in [0.717, 1.165) is 23.5 Å². The summed E-state index contributed by atoms with van der Waals surface area (Å²) in [5.74, 6) is 1.78. The number of nitro benzene ring substituents is 1. The third-order valence-corrected chi connectivity index (χ3v) is 2.90. The van der Waals surface area contributed by atoms with Crippen molar-refractivity contribution in [1.29, 1.82) is 0 Å². The smallest absolute Gasteiger partial charge is 0.258 e. The summed E-state index contributed by atoms with van der Waals surface area (Å²) < 4.78 is 0. The second-order valence-electron chi connectivity index (χ2n) is 3.00. The summed E-state index contributed by atoms with van der Waals surface area (Å²) in [6, 6.07) is 6.89. The highest BCUT2D eigenvalue weighted by Gasteiger charge is 2.10. The zero-order valence-electron chi connectivity index (χ0n) is 8.39. The minimum Gasteiger partial charge on any atom is -0.258 e. The molecule has 80 valence electrons. The van der Waals surface area contributed by atoms with Gasteiger partial charge in [0.2, 0.25) is 0 Å². The molecular weight excluding hydrogens is 210 g/mol. The Hall–Kier alpha value is -1.29. The summed E-state index contributed by atoms with van der Waals surface area (Å²) >= 11 is 1.73. The van der Waals surface area contributed by atoms with Crippen LogP contribution in [0.1, 0.15) is 5.56 Å². The first kappa shape index (κ1) is 11.8. The quantitative estimate of drug-likeness (QED) is 0.322. The molecule has 0 heterocycles. The van der Waals surface area contributed by atoms with Crippen molar-refractivity contribution in [3.63, 3.8) is 0 Å². The van der Waals surface area contributed by atoms with E-state index in [1.807, 2.05) is 18.2 Å². The maximum Gasteiger partial charge on any atom is 0.272 e.